The van der Waals surface area contributed by atoms with E-state index in [4.69, 9.17) is 9.47 Å². The third kappa shape index (κ3) is 3.95. The number of benzene rings is 2. The molecule has 0 aromatic heterocycles. The molecule has 7 heteroatoms. The summed E-state index contributed by atoms with van der Waals surface area (Å²) in [5, 5.41) is 13.0. The van der Waals surface area contributed by atoms with Crippen molar-refractivity contribution in [2.24, 2.45) is 5.41 Å². The normalized spacial score (nSPS) is 24.7. The molecule has 2 aromatic carbocycles. The number of phenolic OH excluding ortho intramolecular Hbond substituents is 1. The van der Waals surface area contributed by atoms with Gasteiger partial charge in [0.2, 0.25) is 0 Å². The number of fused-ring (bicyclic) bond motifs is 2. The Balaban J connectivity index is 1.31. The molecule has 3 saturated heterocycles. The van der Waals surface area contributed by atoms with Crippen molar-refractivity contribution >= 4 is 17.3 Å². The number of carbonyl (C=O) groups excluding carboxylic acids is 1. The largest absolute Gasteiger partial charge is 0.504 e. The van der Waals surface area contributed by atoms with Gasteiger partial charge in [-0.2, -0.15) is 0 Å². The predicted octanol–water partition coefficient (Wildman–Crippen LogP) is 4.99. The quantitative estimate of drug-likeness (QED) is 0.701. The Labute approximate surface area is 187 Å². The van der Waals surface area contributed by atoms with E-state index < -0.39 is 23.8 Å². The van der Waals surface area contributed by atoms with Crippen molar-refractivity contribution in [1.82, 2.24) is 0 Å². The SMILES string of the molecule is CC1(C)COC(c2cc(C(=O)Nc3ccc(N4C5CCC4CC5)cc3)cc(F)c2O)OC1. The van der Waals surface area contributed by atoms with Crippen LogP contribution in [0.25, 0.3) is 0 Å². The van der Waals surface area contributed by atoms with Crippen LogP contribution in [0.2, 0.25) is 0 Å². The number of phenols is 1. The standard InChI is InChI=1S/C25H29FN2O4/c1-25(2)13-31-24(32-14-25)20-11-15(12-21(26)22(20)29)23(30)27-16-3-5-17(6-4-16)28-18-7-8-19(28)10-9-18/h3-6,11-12,18-19,24,29H,7-10,13-14H2,1-2H3,(H,27,30). The summed E-state index contributed by atoms with van der Waals surface area (Å²) >= 11 is 0. The molecule has 2 aromatic rings. The van der Waals surface area contributed by atoms with E-state index in [-0.39, 0.29) is 16.5 Å². The maximum absolute atomic E-state index is 14.4. The van der Waals surface area contributed by atoms with Gasteiger partial charge in [-0.25, -0.2) is 4.39 Å². The molecule has 0 aliphatic carbocycles. The number of amides is 1. The van der Waals surface area contributed by atoms with Crippen LogP contribution in [-0.4, -0.2) is 36.3 Å². The van der Waals surface area contributed by atoms with Crippen molar-refractivity contribution in [3.05, 3.63) is 53.3 Å². The second-order valence-electron chi connectivity index (χ2n) is 9.88. The molecule has 0 unspecified atom stereocenters. The van der Waals surface area contributed by atoms with Crippen LogP contribution in [0.3, 0.4) is 0 Å². The first-order chi connectivity index (χ1) is 15.3. The number of hydrogen-bond acceptors (Lipinski definition) is 5. The molecule has 6 nitrogen and oxygen atoms in total. The van der Waals surface area contributed by atoms with Crippen LogP contribution < -0.4 is 10.2 Å². The van der Waals surface area contributed by atoms with Crippen LogP contribution >= 0.6 is 0 Å². The highest BCUT2D eigenvalue weighted by molar-refractivity contribution is 6.04. The summed E-state index contributed by atoms with van der Waals surface area (Å²) in [5.41, 5.74) is 1.85. The third-order valence-electron chi connectivity index (χ3n) is 6.74. The Hall–Kier alpha value is -2.64. The highest BCUT2D eigenvalue weighted by Crippen LogP contribution is 2.41. The van der Waals surface area contributed by atoms with Crippen molar-refractivity contribution in [2.75, 3.05) is 23.4 Å². The van der Waals surface area contributed by atoms with E-state index in [2.05, 4.69) is 10.2 Å². The lowest BCUT2D eigenvalue weighted by Crippen LogP contribution is -2.34. The van der Waals surface area contributed by atoms with Gasteiger partial charge in [-0.1, -0.05) is 13.8 Å². The minimum Gasteiger partial charge on any atom is -0.504 e. The van der Waals surface area contributed by atoms with Crippen molar-refractivity contribution < 1.29 is 23.8 Å². The topological polar surface area (TPSA) is 71.0 Å². The maximum atomic E-state index is 14.4. The number of ether oxygens (including phenoxy) is 2. The molecule has 1 amide bonds. The number of aromatic hydroxyl groups is 1. The molecular weight excluding hydrogens is 411 g/mol. The Morgan fingerprint density at radius 3 is 2.25 bits per heavy atom. The fraction of sp³-hybridized carbons (Fsp3) is 0.480. The zero-order chi connectivity index (χ0) is 22.5. The molecular formula is C25H29FN2O4. The third-order valence-corrected chi connectivity index (χ3v) is 6.74. The van der Waals surface area contributed by atoms with Crippen LogP contribution in [-0.2, 0) is 9.47 Å². The van der Waals surface area contributed by atoms with E-state index in [1.165, 1.54) is 37.4 Å². The first-order valence-electron chi connectivity index (χ1n) is 11.3. The van der Waals surface area contributed by atoms with E-state index in [1.54, 1.807) is 0 Å². The zero-order valence-electron chi connectivity index (χ0n) is 18.4. The summed E-state index contributed by atoms with van der Waals surface area (Å²) < 4.78 is 25.7. The number of halogens is 1. The predicted molar refractivity (Wildman–Crippen MR) is 119 cm³/mol. The molecule has 32 heavy (non-hydrogen) atoms. The molecule has 0 radical (unpaired) electrons. The van der Waals surface area contributed by atoms with Gasteiger partial charge in [-0.05, 0) is 62.1 Å². The minimum absolute atomic E-state index is 0.0917. The Kier molecular flexibility index (Phi) is 5.34. The van der Waals surface area contributed by atoms with Gasteiger partial charge in [-0.3, -0.25) is 4.79 Å². The van der Waals surface area contributed by atoms with Gasteiger partial charge in [0.25, 0.3) is 5.91 Å². The van der Waals surface area contributed by atoms with Gasteiger partial charge < -0.3 is 24.8 Å². The second-order valence-corrected chi connectivity index (χ2v) is 9.88. The second kappa shape index (κ2) is 8.05. The van der Waals surface area contributed by atoms with E-state index in [0.29, 0.717) is 31.0 Å². The van der Waals surface area contributed by atoms with Gasteiger partial charge in [0.15, 0.2) is 17.9 Å². The number of nitrogens with one attached hydrogen (secondary N) is 1. The number of anilines is 2. The van der Waals surface area contributed by atoms with Gasteiger partial charge in [0.1, 0.15) is 0 Å². The average molecular weight is 441 g/mol. The van der Waals surface area contributed by atoms with E-state index >= 15 is 0 Å². The van der Waals surface area contributed by atoms with Crippen LogP contribution in [0.1, 0.15) is 61.7 Å². The molecule has 3 heterocycles. The molecule has 170 valence electrons. The molecule has 3 aliphatic rings. The molecule has 2 N–H and O–H groups in total. The monoisotopic (exact) mass is 440 g/mol. The molecule has 5 rings (SSSR count). The van der Waals surface area contributed by atoms with E-state index in [9.17, 15) is 14.3 Å². The Bertz CT molecular complexity index is 993. The molecule has 2 bridgehead atoms. The lowest BCUT2D eigenvalue weighted by Gasteiger charge is -2.34. The van der Waals surface area contributed by atoms with Gasteiger partial charge >= 0.3 is 0 Å². The van der Waals surface area contributed by atoms with Crippen LogP contribution in [0, 0.1) is 11.2 Å². The molecule has 0 atom stereocenters. The molecule has 0 spiro atoms. The Morgan fingerprint density at radius 2 is 1.66 bits per heavy atom. The summed E-state index contributed by atoms with van der Waals surface area (Å²) in [6.07, 6.45) is 4.10. The Morgan fingerprint density at radius 1 is 1.06 bits per heavy atom. The highest BCUT2D eigenvalue weighted by atomic mass is 19.1. The molecule has 3 fully saturated rings. The lowest BCUT2D eigenvalue weighted by atomic mass is 9.95. The smallest absolute Gasteiger partial charge is 0.255 e. The summed E-state index contributed by atoms with van der Waals surface area (Å²) in [7, 11) is 0. The maximum Gasteiger partial charge on any atom is 0.255 e. The van der Waals surface area contributed by atoms with E-state index in [1.807, 2.05) is 38.1 Å². The van der Waals surface area contributed by atoms with Crippen molar-refractivity contribution in [1.29, 1.82) is 0 Å². The van der Waals surface area contributed by atoms with Crippen molar-refractivity contribution in [3.8, 4) is 5.75 Å². The number of hydrogen-bond donors (Lipinski definition) is 2. The first-order valence-corrected chi connectivity index (χ1v) is 11.3. The fourth-order valence-electron chi connectivity index (χ4n) is 5.06. The van der Waals surface area contributed by atoms with E-state index in [0.717, 1.165) is 6.07 Å². The summed E-state index contributed by atoms with van der Waals surface area (Å²) in [6, 6.07) is 11.5. The van der Waals surface area contributed by atoms with Crippen molar-refractivity contribution in [2.45, 2.75) is 57.9 Å². The summed E-state index contributed by atoms with van der Waals surface area (Å²) in [6.45, 7) is 4.79. The van der Waals surface area contributed by atoms with Gasteiger partial charge in [0, 0.05) is 34.4 Å². The number of nitrogens with zero attached hydrogens (tertiary/aromatic N) is 1. The van der Waals surface area contributed by atoms with Crippen LogP contribution in [0.5, 0.6) is 5.75 Å². The first kappa shape index (κ1) is 21.2. The minimum atomic E-state index is -0.916. The lowest BCUT2D eigenvalue weighted by molar-refractivity contribution is -0.226. The highest BCUT2D eigenvalue weighted by Gasteiger charge is 2.39. The zero-order valence-corrected chi connectivity index (χ0v) is 18.4. The average Bonchev–Trinajstić information content (AvgIpc) is 3.37. The van der Waals surface area contributed by atoms with Crippen LogP contribution in [0.4, 0.5) is 15.8 Å². The number of carbonyl (C=O) groups is 1. The molecule has 0 saturated carbocycles. The summed E-state index contributed by atoms with van der Waals surface area (Å²) in [4.78, 5) is 15.3. The van der Waals surface area contributed by atoms with Crippen molar-refractivity contribution in [3.63, 3.8) is 0 Å². The van der Waals surface area contributed by atoms with Crippen LogP contribution in [0.15, 0.2) is 36.4 Å². The summed E-state index contributed by atoms with van der Waals surface area (Å²) in [5.74, 6) is -1.91. The van der Waals surface area contributed by atoms with Gasteiger partial charge in [-0.15, -0.1) is 0 Å². The van der Waals surface area contributed by atoms with Gasteiger partial charge in [0.05, 0.1) is 18.8 Å². The number of rotatable bonds is 4. The fourth-order valence-corrected chi connectivity index (χ4v) is 5.06. The molecule has 3 aliphatic heterocycles.